The van der Waals surface area contributed by atoms with Gasteiger partial charge in [0.2, 0.25) is 0 Å². The summed E-state index contributed by atoms with van der Waals surface area (Å²) in [7, 11) is 0. The van der Waals surface area contributed by atoms with Crippen LogP contribution in [0.2, 0.25) is 0 Å². The number of benzene rings is 1. The maximum atomic E-state index is 3.67. The Bertz CT molecular complexity index is 344. The van der Waals surface area contributed by atoms with Crippen molar-refractivity contribution < 1.29 is 0 Å². The van der Waals surface area contributed by atoms with E-state index in [-0.39, 0.29) is 0 Å². The highest BCUT2D eigenvalue weighted by Gasteiger charge is 2.41. The molecule has 1 heteroatoms. The summed E-state index contributed by atoms with van der Waals surface area (Å²) in [6, 6.07) is 9.27. The Hall–Kier alpha value is -0.980. The zero-order valence-electron chi connectivity index (χ0n) is 10.7. The Balaban J connectivity index is 1.93. The van der Waals surface area contributed by atoms with Crippen molar-refractivity contribution in [3.63, 3.8) is 0 Å². The summed E-state index contributed by atoms with van der Waals surface area (Å²) < 4.78 is 0. The highest BCUT2D eigenvalue weighted by molar-refractivity contribution is 5.51. The summed E-state index contributed by atoms with van der Waals surface area (Å²) in [5.74, 6) is 0. The van der Waals surface area contributed by atoms with E-state index in [9.17, 15) is 0 Å². The Kier molecular flexibility index (Phi) is 3.22. The molecule has 0 radical (unpaired) electrons. The van der Waals surface area contributed by atoms with Crippen molar-refractivity contribution in [2.45, 2.75) is 52.5 Å². The van der Waals surface area contributed by atoms with Crippen LogP contribution in [0.5, 0.6) is 0 Å². The summed E-state index contributed by atoms with van der Waals surface area (Å²) >= 11 is 0. The van der Waals surface area contributed by atoms with Gasteiger partial charge in [0.1, 0.15) is 0 Å². The lowest BCUT2D eigenvalue weighted by atomic mass is 9.62. The topological polar surface area (TPSA) is 12.0 Å². The molecule has 0 aliphatic heterocycles. The third kappa shape index (κ3) is 2.09. The average Bonchev–Trinajstić information content (AvgIpc) is 2.25. The standard InChI is InChI=1S/C15H23N/c1-4-15(5-2)10-13(11-15)16-14-9-7-6-8-12(14)3/h6-9,13,16H,4-5,10-11H2,1-3H3. The predicted molar refractivity (Wildman–Crippen MR) is 70.8 cm³/mol. The van der Waals surface area contributed by atoms with Gasteiger partial charge >= 0.3 is 0 Å². The van der Waals surface area contributed by atoms with Gasteiger partial charge in [0.25, 0.3) is 0 Å². The number of aryl methyl sites for hydroxylation is 1. The molecule has 1 aromatic rings. The van der Waals surface area contributed by atoms with Crippen LogP contribution in [0.1, 0.15) is 45.1 Å². The summed E-state index contributed by atoms with van der Waals surface area (Å²) in [6.07, 6.45) is 5.34. The molecule has 0 spiro atoms. The Morgan fingerprint density at radius 2 is 1.81 bits per heavy atom. The van der Waals surface area contributed by atoms with Gasteiger partial charge in [-0.2, -0.15) is 0 Å². The fourth-order valence-electron chi connectivity index (χ4n) is 2.87. The lowest BCUT2D eigenvalue weighted by Gasteiger charge is -2.48. The van der Waals surface area contributed by atoms with Crippen LogP contribution >= 0.6 is 0 Å². The van der Waals surface area contributed by atoms with Gasteiger partial charge in [-0.05, 0) is 36.8 Å². The van der Waals surface area contributed by atoms with Crippen LogP contribution in [0.15, 0.2) is 24.3 Å². The second-order valence-electron chi connectivity index (χ2n) is 5.27. The molecule has 0 heterocycles. The van der Waals surface area contributed by atoms with Crippen LogP contribution in [0.3, 0.4) is 0 Å². The van der Waals surface area contributed by atoms with E-state index < -0.39 is 0 Å². The van der Waals surface area contributed by atoms with E-state index in [1.807, 2.05) is 0 Å². The molecule has 1 aliphatic rings. The van der Waals surface area contributed by atoms with Crippen LogP contribution in [0, 0.1) is 12.3 Å². The molecule has 88 valence electrons. The monoisotopic (exact) mass is 217 g/mol. The van der Waals surface area contributed by atoms with Crippen molar-refractivity contribution in [1.82, 2.24) is 0 Å². The molecule has 1 N–H and O–H groups in total. The quantitative estimate of drug-likeness (QED) is 0.789. The molecule has 1 nitrogen and oxygen atoms in total. The summed E-state index contributed by atoms with van der Waals surface area (Å²) in [5, 5.41) is 3.67. The van der Waals surface area contributed by atoms with Gasteiger partial charge < -0.3 is 5.32 Å². The zero-order valence-corrected chi connectivity index (χ0v) is 10.7. The van der Waals surface area contributed by atoms with Gasteiger partial charge in [0, 0.05) is 11.7 Å². The number of hydrogen-bond donors (Lipinski definition) is 1. The summed E-state index contributed by atoms with van der Waals surface area (Å²) in [4.78, 5) is 0. The Morgan fingerprint density at radius 1 is 1.19 bits per heavy atom. The fourth-order valence-corrected chi connectivity index (χ4v) is 2.87. The van der Waals surface area contributed by atoms with Crippen LogP contribution in [0.25, 0.3) is 0 Å². The third-order valence-corrected chi connectivity index (χ3v) is 4.36. The fraction of sp³-hybridized carbons (Fsp3) is 0.600. The smallest absolute Gasteiger partial charge is 0.0372 e. The van der Waals surface area contributed by atoms with Crippen molar-refractivity contribution in [2.75, 3.05) is 5.32 Å². The summed E-state index contributed by atoms with van der Waals surface area (Å²) in [6.45, 7) is 6.83. The number of anilines is 1. The van der Waals surface area contributed by atoms with Gasteiger partial charge in [0.15, 0.2) is 0 Å². The minimum absolute atomic E-state index is 0.639. The second kappa shape index (κ2) is 4.48. The molecular formula is C15H23N. The number of hydrogen-bond acceptors (Lipinski definition) is 1. The van der Waals surface area contributed by atoms with E-state index in [1.54, 1.807) is 0 Å². The number of para-hydroxylation sites is 1. The van der Waals surface area contributed by atoms with Crippen LogP contribution in [-0.2, 0) is 0 Å². The maximum absolute atomic E-state index is 3.67. The van der Waals surface area contributed by atoms with E-state index in [2.05, 4.69) is 50.4 Å². The van der Waals surface area contributed by atoms with E-state index >= 15 is 0 Å². The van der Waals surface area contributed by atoms with Crippen LogP contribution in [0.4, 0.5) is 5.69 Å². The highest BCUT2D eigenvalue weighted by atomic mass is 14.9. The molecule has 0 saturated heterocycles. The minimum atomic E-state index is 0.639. The molecule has 1 aliphatic carbocycles. The highest BCUT2D eigenvalue weighted by Crippen LogP contribution is 2.47. The average molecular weight is 217 g/mol. The first-order chi connectivity index (χ1) is 7.69. The second-order valence-corrected chi connectivity index (χ2v) is 5.27. The molecule has 2 rings (SSSR count). The molecular weight excluding hydrogens is 194 g/mol. The lowest BCUT2D eigenvalue weighted by molar-refractivity contribution is 0.103. The van der Waals surface area contributed by atoms with E-state index in [0.29, 0.717) is 11.5 Å². The van der Waals surface area contributed by atoms with Crippen LogP contribution in [-0.4, -0.2) is 6.04 Å². The molecule has 1 fully saturated rings. The van der Waals surface area contributed by atoms with Crippen molar-refractivity contribution >= 4 is 5.69 Å². The van der Waals surface area contributed by atoms with Gasteiger partial charge in [-0.3, -0.25) is 0 Å². The van der Waals surface area contributed by atoms with E-state index in [0.717, 1.165) is 0 Å². The molecule has 0 bridgehead atoms. The molecule has 0 atom stereocenters. The van der Waals surface area contributed by atoms with Crippen molar-refractivity contribution in [2.24, 2.45) is 5.41 Å². The van der Waals surface area contributed by atoms with Crippen molar-refractivity contribution in [3.05, 3.63) is 29.8 Å². The largest absolute Gasteiger partial charge is 0.382 e. The normalized spacial score (nSPS) is 19.2. The third-order valence-electron chi connectivity index (χ3n) is 4.36. The van der Waals surface area contributed by atoms with E-state index in [1.165, 1.54) is 36.9 Å². The predicted octanol–water partition coefficient (Wildman–Crippen LogP) is 4.38. The minimum Gasteiger partial charge on any atom is -0.382 e. The van der Waals surface area contributed by atoms with Gasteiger partial charge in [-0.1, -0.05) is 44.9 Å². The first kappa shape index (κ1) is 11.5. The lowest BCUT2D eigenvalue weighted by Crippen LogP contribution is -2.44. The molecule has 0 amide bonds. The molecule has 0 aromatic heterocycles. The molecule has 1 saturated carbocycles. The molecule has 16 heavy (non-hydrogen) atoms. The molecule has 1 aromatic carbocycles. The first-order valence-corrected chi connectivity index (χ1v) is 6.51. The molecule has 0 unspecified atom stereocenters. The maximum Gasteiger partial charge on any atom is 0.0372 e. The Labute approximate surface area is 99.3 Å². The SMILES string of the molecule is CCC1(CC)CC(Nc2ccccc2C)C1. The zero-order chi connectivity index (χ0) is 11.6. The van der Waals surface area contributed by atoms with Gasteiger partial charge in [0.05, 0.1) is 0 Å². The van der Waals surface area contributed by atoms with Crippen LogP contribution < -0.4 is 5.32 Å². The Morgan fingerprint density at radius 3 is 2.38 bits per heavy atom. The van der Waals surface area contributed by atoms with Crippen molar-refractivity contribution in [3.8, 4) is 0 Å². The number of rotatable bonds is 4. The van der Waals surface area contributed by atoms with Crippen molar-refractivity contribution in [1.29, 1.82) is 0 Å². The summed E-state index contributed by atoms with van der Waals surface area (Å²) in [5.41, 5.74) is 3.31. The van der Waals surface area contributed by atoms with E-state index in [4.69, 9.17) is 0 Å². The van der Waals surface area contributed by atoms with Gasteiger partial charge in [-0.25, -0.2) is 0 Å². The van der Waals surface area contributed by atoms with Gasteiger partial charge in [-0.15, -0.1) is 0 Å². The number of nitrogens with one attached hydrogen (secondary N) is 1. The first-order valence-electron chi connectivity index (χ1n) is 6.51.